The Hall–Kier alpha value is -1.51. The van der Waals surface area contributed by atoms with Crippen LogP contribution in [-0.4, -0.2) is 61.0 Å². The number of rotatable bonds is 4. The van der Waals surface area contributed by atoms with Crippen LogP contribution in [0, 0.1) is 0 Å². The molecule has 134 valence electrons. The second kappa shape index (κ2) is 6.94. The van der Waals surface area contributed by atoms with Gasteiger partial charge in [-0.3, -0.25) is 4.79 Å². The number of nitrogens with one attached hydrogen (secondary N) is 1. The van der Waals surface area contributed by atoms with E-state index in [9.17, 15) is 22.8 Å². The molecule has 23 heavy (non-hydrogen) atoms. The summed E-state index contributed by atoms with van der Waals surface area (Å²) in [7, 11) is 0.992. The lowest BCUT2D eigenvalue weighted by molar-refractivity contribution is -0.263. The molecule has 2 amide bonds. The number of ether oxygens (including phenoxy) is 2. The summed E-state index contributed by atoms with van der Waals surface area (Å²) in [6.07, 6.45) is -5.60. The third kappa shape index (κ3) is 5.26. The van der Waals surface area contributed by atoms with Crippen molar-refractivity contribution in [2.45, 2.75) is 51.0 Å². The predicted molar refractivity (Wildman–Crippen MR) is 75.8 cm³/mol. The van der Waals surface area contributed by atoms with Crippen molar-refractivity contribution < 1.29 is 32.2 Å². The first-order valence-electron chi connectivity index (χ1n) is 7.27. The summed E-state index contributed by atoms with van der Waals surface area (Å²) in [6.45, 7) is 4.53. The number of alkyl halides is 3. The molecule has 0 bridgehead atoms. The maximum atomic E-state index is 13.0. The normalized spacial score (nSPS) is 22.1. The molecule has 0 aliphatic carbocycles. The van der Waals surface area contributed by atoms with Crippen molar-refractivity contribution in [3.05, 3.63) is 0 Å². The van der Waals surface area contributed by atoms with Gasteiger partial charge < -0.3 is 19.7 Å². The lowest BCUT2D eigenvalue weighted by Crippen LogP contribution is -2.49. The Balaban J connectivity index is 2.44. The zero-order chi connectivity index (χ0) is 17.9. The van der Waals surface area contributed by atoms with E-state index >= 15 is 0 Å². The first-order valence-corrected chi connectivity index (χ1v) is 7.27. The van der Waals surface area contributed by atoms with Gasteiger partial charge in [0.2, 0.25) is 5.91 Å². The number of hydrogen-bond acceptors (Lipinski definition) is 4. The van der Waals surface area contributed by atoms with Gasteiger partial charge in [0.15, 0.2) is 5.60 Å². The lowest BCUT2D eigenvalue weighted by atomic mass is 10.0. The highest BCUT2D eigenvalue weighted by molar-refractivity contribution is 5.77. The summed E-state index contributed by atoms with van der Waals surface area (Å²) in [5.41, 5.74) is -2.96. The molecule has 0 aromatic heterocycles. The molecule has 1 atom stereocenters. The van der Waals surface area contributed by atoms with Crippen LogP contribution >= 0.6 is 0 Å². The zero-order valence-corrected chi connectivity index (χ0v) is 13.7. The van der Waals surface area contributed by atoms with Gasteiger partial charge in [-0.15, -0.1) is 0 Å². The van der Waals surface area contributed by atoms with Gasteiger partial charge in [0.05, 0.1) is 6.54 Å². The zero-order valence-electron chi connectivity index (χ0n) is 13.7. The monoisotopic (exact) mass is 340 g/mol. The number of hydrogen-bond donors (Lipinski definition) is 1. The third-order valence-corrected chi connectivity index (χ3v) is 3.50. The van der Waals surface area contributed by atoms with Crippen LogP contribution in [-0.2, 0) is 14.3 Å². The Labute approximate surface area is 133 Å². The number of methoxy groups -OCH3 is 1. The number of carbonyl (C=O) groups excluding carboxylic acids is 2. The fraction of sp³-hybridized carbons (Fsp3) is 0.857. The number of likely N-dealkylation sites (tertiary alicyclic amines) is 1. The van der Waals surface area contributed by atoms with Crippen LogP contribution in [0.5, 0.6) is 0 Å². The fourth-order valence-electron chi connectivity index (χ4n) is 2.25. The summed E-state index contributed by atoms with van der Waals surface area (Å²) < 4.78 is 48.7. The molecule has 0 aromatic carbocycles. The maximum absolute atomic E-state index is 13.0. The minimum Gasteiger partial charge on any atom is -0.444 e. The largest absolute Gasteiger partial charge is 0.444 e. The van der Waals surface area contributed by atoms with Crippen molar-refractivity contribution in [3.8, 4) is 0 Å². The minimum atomic E-state index is -4.54. The van der Waals surface area contributed by atoms with E-state index in [4.69, 9.17) is 4.74 Å². The predicted octanol–water partition coefficient (Wildman–Crippen LogP) is 2.08. The smallest absolute Gasteiger partial charge is 0.419 e. The Morgan fingerprint density at radius 1 is 1.26 bits per heavy atom. The SMILES string of the molecule is COC1(C(F)(F)F)CCN(C(=O)CCNC(=O)OC(C)(C)C)C1. The molecule has 1 unspecified atom stereocenters. The van der Waals surface area contributed by atoms with Crippen LogP contribution in [0.15, 0.2) is 0 Å². The van der Waals surface area contributed by atoms with E-state index in [1.807, 2.05) is 0 Å². The molecule has 0 spiro atoms. The Morgan fingerprint density at radius 3 is 2.30 bits per heavy atom. The van der Waals surface area contributed by atoms with Crippen molar-refractivity contribution in [1.29, 1.82) is 0 Å². The van der Waals surface area contributed by atoms with Gasteiger partial charge in [0.25, 0.3) is 0 Å². The Morgan fingerprint density at radius 2 is 1.87 bits per heavy atom. The molecule has 1 heterocycles. The molecule has 6 nitrogen and oxygen atoms in total. The average molecular weight is 340 g/mol. The number of carbonyl (C=O) groups is 2. The van der Waals surface area contributed by atoms with Crippen LogP contribution in [0.3, 0.4) is 0 Å². The Bertz CT molecular complexity index is 448. The highest BCUT2D eigenvalue weighted by Gasteiger charge is 2.59. The van der Waals surface area contributed by atoms with Crippen LogP contribution in [0.25, 0.3) is 0 Å². The highest BCUT2D eigenvalue weighted by atomic mass is 19.4. The molecule has 1 saturated heterocycles. The minimum absolute atomic E-state index is 0.00372. The molecule has 0 saturated carbocycles. The summed E-state index contributed by atoms with van der Waals surface area (Å²) in [5.74, 6) is -0.468. The van der Waals surface area contributed by atoms with Crippen LogP contribution in [0.1, 0.15) is 33.6 Å². The molecule has 0 aromatic rings. The molecule has 1 rings (SSSR count). The van der Waals surface area contributed by atoms with E-state index in [0.29, 0.717) is 0 Å². The summed E-state index contributed by atoms with van der Waals surface area (Å²) in [6, 6.07) is 0. The number of halogens is 3. The summed E-state index contributed by atoms with van der Waals surface area (Å²) in [4.78, 5) is 24.5. The van der Waals surface area contributed by atoms with Crippen molar-refractivity contribution in [1.82, 2.24) is 10.2 Å². The van der Waals surface area contributed by atoms with E-state index in [0.717, 1.165) is 12.0 Å². The van der Waals surface area contributed by atoms with Gasteiger partial charge in [-0.05, 0) is 20.8 Å². The van der Waals surface area contributed by atoms with Gasteiger partial charge in [-0.25, -0.2) is 4.79 Å². The van der Waals surface area contributed by atoms with Crippen LogP contribution in [0.4, 0.5) is 18.0 Å². The van der Waals surface area contributed by atoms with Gasteiger partial charge in [-0.1, -0.05) is 0 Å². The second-order valence-corrected chi connectivity index (χ2v) is 6.44. The third-order valence-electron chi connectivity index (χ3n) is 3.50. The van der Waals surface area contributed by atoms with Crippen molar-refractivity contribution in [2.24, 2.45) is 0 Å². The highest BCUT2D eigenvalue weighted by Crippen LogP contribution is 2.40. The molecular formula is C14H23F3N2O4. The van der Waals surface area contributed by atoms with Crippen molar-refractivity contribution >= 4 is 12.0 Å². The average Bonchev–Trinajstić information content (AvgIpc) is 2.81. The van der Waals surface area contributed by atoms with Gasteiger partial charge in [0, 0.05) is 33.0 Å². The van der Waals surface area contributed by atoms with E-state index in [1.165, 1.54) is 0 Å². The topological polar surface area (TPSA) is 67.9 Å². The summed E-state index contributed by atoms with van der Waals surface area (Å²) in [5, 5.41) is 2.40. The summed E-state index contributed by atoms with van der Waals surface area (Å²) >= 11 is 0. The number of alkyl carbamates (subject to hydrolysis) is 1. The standard InChI is InChI=1S/C14H23F3N2O4/c1-12(2,3)23-11(21)18-7-5-10(20)19-8-6-13(9-19,22-4)14(15,16)17/h5-9H2,1-4H3,(H,18,21). The van der Waals surface area contributed by atoms with E-state index in [-0.39, 0.29) is 25.9 Å². The molecule has 1 N–H and O–H groups in total. The fourth-order valence-corrected chi connectivity index (χ4v) is 2.25. The van der Waals surface area contributed by atoms with Gasteiger partial charge >= 0.3 is 12.3 Å². The molecule has 1 aliphatic rings. The first kappa shape index (κ1) is 19.5. The number of nitrogens with zero attached hydrogens (tertiary/aromatic N) is 1. The van der Waals surface area contributed by atoms with Crippen LogP contribution < -0.4 is 5.32 Å². The second-order valence-electron chi connectivity index (χ2n) is 6.44. The Kier molecular flexibility index (Phi) is 5.89. The molecular weight excluding hydrogens is 317 g/mol. The molecule has 1 fully saturated rings. The van der Waals surface area contributed by atoms with Crippen LogP contribution in [0.2, 0.25) is 0 Å². The maximum Gasteiger partial charge on any atom is 0.419 e. The molecule has 1 aliphatic heterocycles. The van der Waals surface area contributed by atoms with E-state index in [2.05, 4.69) is 10.1 Å². The quantitative estimate of drug-likeness (QED) is 0.851. The van der Waals surface area contributed by atoms with Crippen molar-refractivity contribution in [3.63, 3.8) is 0 Å². The molecule has 9 heteroatoms. The van der Waals surface area contributed by atoms with E-state index < -0.39 is 35.9 Å². The van der Waals surface area contributed by atoms with E-state index in [1.54, 1.807) is 20.8 Å². The molecule has 0 radical (unpaired) electrons. The lowest BCUT2D eigenvalue weighted by Gasteiger charge is -2.30. The first-order chi connectivity index (χ1) is 10.4. The van der Waals surface area contributed by atoms with Crippen molar-refractivity contribution in [2.75, 3.05) is 26.7 Å². The number of amides is 2. The van der Waals surface area contributed by atoms with Gasteiger partial charge in [-0.2, -0.15) is 13.2 Å². The van der Waals surface area contributed by atoms with Gasteiger partial charge in [0.1, 0.15) is 5.60 Å².